The SMILES string of the molecule is CC(C)COC(=O)Nc1ccccc1N. The molecule has 0 radical (unpaired) electrons. The Morgan fingerprint density at radius 3 is 2.73 bits per heavy atom. The number of para-hydroxylation sites is 2. The van der Waals surface area contributed by atoms with Gasteiger partial charge in [-0.05, 0) is 18.1 Å². The Morgan fingerprint density at radius 1 is 1.47 bits per heavy atom. The molecule has 82 valence electrons. The normalized spacial score (nSPS) is 10.1. The number of nitrogens with two attached hydrogens (primary N) is 1. The first-order chi connectivity index (χ1) is 7.09. The highest BCUT2D eigenvalue weighted by atomic mass is 16.5. The second-order valence-corrected chi connectivity index (χ2v) is 3.70. The van der Waals surface area contributed by atoms with E-state index >= 15 is 0 Å². The van der Waals surface area contributed by atoms with Crippen LogP contribution in [0.3, 0.4) is 0 Å². The number of hydrogen-bond acceptors (Lipinski definition) is 3. The van der Waals surface area contributed by atoms with E-state index in [-0.39, 0.29) is 0 Å². The van der Waals surface area contributed by atoms with Crippen molar-refractivity contribution in [1.29, 1.82) is 0 Å². The monoisotopic (exact) mass is 208 g/mol. The highest BCUT2D eigenvalue weighted by Crippen LogP contribution is 2.16. The van der Waals surface area contributed by atoms with Crippen molar-refractivity contribution in [3.05, 3.63) is 24.3 Å². The maximum absolute atomic E-state index is 11.3. The standard InChI is InChI=1S/C11H16N2O2/c1-8(2)7-15-11(14)13-10-6-4-3-5-9(10)12/h3-6,8H,7,12H2,1-2H3,(H,13,14). The number of carbonyl (C=O) groups excluding carboxylic acids is 1. The first kappa shape index (κ1) is 11.4. The van der Waals surface area contributed by atoms with Crippen LogP contribution in [0.4, 0.5) is 16.2 Å². The molecule has 0 bridgehead atoms. The fraction of sp³-hybridized carbons (Fsp3) is 0.364. The molecule has 1 aromatic rings. The summed E-state index contributed by atoms with van der Waals surface area (Å²) in [6.07, 6.45) is -0.471. The van der Waals surface area contributed by atoms with Crippen molar-refractivity contribution in [1.82, 2.24) is 0 Å². The molecule has 0 saturated heterocycles. The van der Waals surface area contributed by atoms with Gasteiger partial charge in [0.1, 0.15) is 0 Å². The second-order valence-electron chi connectivity index (χ2n) is 3.70. The van der Waals surface area contributed by atoms with Crippen molar-refractivity contribution in [2.45, 2.75) is 13.8 Å². The number of anilines is 2. The third kappa shape index (κ3) is 3.89. The third-order valence-corrected chi connectivity index (χ3v) is 1.75. The number of carbonyl (C=O) groups is 1. The average molecular weight is 208 g/mol. The number of hydrogen-bond donors (Lipinski definition) is 2. The number of nitrogen functional groups attached to an aromatic ring is 1. The molecule has 0 heterocycles. The third-order valence-electron chi connectivity index (χ3n) is 1.75. The van der Waals surface area contributed by atoms with Crippen molar-refractivity contribution in [2.24, 2.45) is 5.92 Å². The first-order valence-corrected chi connectivity index (χ1v) is 4.88. The summed E-state index contributed by atoms with van der Waals surface area (Å²) in [6, 6.07) is 7.05. The van der Waals surface area contributed by atoms with E-state index in [1.165, 1.54) is 0 Å². The molecular weight excluding hydrogens is 192 g/mol. The van der Waals surface area contributed by atoms with Gasteiger partial charge in [-0.25, -0.2) is 4.79 Å². The van der Waals surface area contributed by atoms with Crippen LogP contribution in [-0.2, 0) is 4.74 Å². The van der Waals surface area contributed by atoms with Crippen LogP contribution in [0.25, 0.3) is 0 Å². The predicted octanol–water partition coefficient (Wildman–Crippen LogP) is 2.47. The molecule has 1 amide bonds. The molecule has 0 aliphatic heterocycles. The van der Waals surface area contributed by atoms with E-state index in [0.29, 0.717) is 23.9 Å². The van der Waals surface area contributed by atoms with E-state index in [1.54, 1.807) is 24.3 Å². The van der Waals surface area contributed by atoms with Gasteiger partial charge in [-0.2, -0.15) is 0 Å². The molecule has 0 atom stereocenters. The fourth-order valence-corrected chi connectivity index (χ4v) is 0.999. The number of rotatable bonds is 3. The molecule has 4 nitrogen and oxygen atoms in total. The summed E-state index contributed by atoms with van der Waals surface area (Å²) in [5.74, 6) is 0.323. The van der Waals surface area contributed by atoms with Crippen LogP contribution in [0, 0.1) is 5.92 Å². The topological polar surface area (TPSA) is 64.3 Å². The minimum absolute atomic E-state index is 0.323. The van der Waals surface area contributed by atoms with Gasteiger partial charge in [0.2, 0.25) is 0 Å². The lowest BCUT2D eigenvalue weighted by Crippen LogP contribution is -2.17. The molecule has 0 unspecified atom stereocenters. The van der Waals surface area contributed by atoms with Gasteiger partial charge in [0, 0.05) is 0 Å². The largest absolute Gasteiger partial charge is 0.449 e. The van der Waals surface area contributed by atoms with E-state index in [1.807, 2.05) is 13.8 Å². The Kier molecular flexibility index (Phi) is 3.97. The van der Waals surface area contributed by atoms with Crippen LogP contribution < -0.4 is 11.1 Å². The summed E-state index contributed by atoms with van der Waals surface area (Å²) in [5, 5.41) is 2.58. The molecule has 0 aliphatic rings. The summed E-state index contributed by atoms with van der Waals surface area (Å²) in [7, 11) is 0. The average Bonchev–Trinajstić information content (AvgIpc) is 2.18. The number of nitrogens with one attached hydrogen (secondary N) is 1. The van der Waals surface area contributed by atoms with Gasteiger partial charge < -0.3 is 10.5 Å². The first-order valence-electron chi connectivity index (χ1n) is 4.88. The van der Waals surface area contributed by atoms with E-state index in [2.05, 4.69) is 5.32 Å². The molecule has 4 heteroatoms. The maximum Gasteiger partial charge on any atom is 0.411 e. The van der Waals surface area contributed by atoms with Gasteiger partial charge in [-0.15, -0.1) is 0 Å². The summed E-state index contributed by atoms with van der Waals surface area (Å²) < 4.78 is 4.96. The lowest BCUT2D eigenvalue weighted by molar-refractivity contribution is 0.147. The Balaban J connectivity index is 2.48. The van der Waals surface area contributed by atoms with Crippen LogP contribution in [-0.4, -0.2) is 12.7 Å². The summed E-state index contributed by atoms with van der Waals surface area (Å²) in [6.45, 7) is 4.35. The van der Waals surface area contributed by atoms with Crippen molar-refractivity contribution in [3.63, 3.8) is 0 Å². The van der Waals surface area contributed by atoms with Crippen LogP contribution in [0.1, 0.15) is 13.8 Å². The number of benzene rings is 1. The molecule has 0 aromatic heterocycles. The van der Waals surface area contributed by atoms with Crippen molar-refractivity contribution in [3.8, 4) is 0 Å². The van der Waals surface area contributed by atoms with Crippen LogP contribution in [0.5, 0.6) is 0 Å². The second kappa shape index (κ2) is 5.24. The number of amides is 1. The molecule has 0 aliphatic carbocycles. The molecule has 0 saturated carbocycles. The van der Waals surface area contributed by atoms with Crippen molar-refractivity contribution >= 4 is 17.5 Å². The zero-order valence-corrected chi connectivity index (χ0v) is 8.99. The summed E-state index contributed by atoms with van der Waals surface area (Å²) in [4.78, 5) is 11.3. The Bertz CT molecular complexity index is 337. The molecule has 0 spiro atoms. The lowest BCUT2D eigenvalue weighted by Gasteiger charge is -2.09. The molecule has 1 aromatic carbocycles. The zero-order valence-electron chi connectivity index (χ0n) is 8.99. The molecule has 0 fully saturated rings. The van der Waals surface area contributed by atoms with Crippen LogP contribution in [0.2, 0.25) is 0 Å². The fourth-order valence-electron chi connectivity index (χ4n) is 0.999. The van der Waals surface area contributed by atoms with Crippen molar-refractivity contribution in [2.75, 3.05) is 17.7 Å². The minimum atomic E-state index is -0.471. The molecule has 1 rings (SSSR count). The van der Waals surface area contributed by atoms with E-state index in [4.69, 9.17) is 10.5 Å². The van der Waals surface area contributed by atoms with E-state index in [9.17, 15) is 4.79 Å². The summed E-state index contributed by atoms with van der Waals surface area (Å²) >= 11 is 0. The molecule has 3 N–H and O–H groups in total. The van der Waals surface area contributed by atoms with Crippen LogP contribution in [0.15, 0.2) is 24.3 Å². The highest BCUT2D eigenvalue weighted by Gasteiger charge is 2.05. The minimum Gasteiger partial charge on any atom is -0.449 e. The van der Waals surface area contributed by atoms with Crippen LogP contribution >= 0.6 is 0 Å². The molecule has 15 heavy (non-hydrogen) atoms. The summed E-state index contributed by atoms with van der Waals surface area (Å²) in [5.41, 5.74) is 6.76. The number of ether oxygens (including phenoxy) is 1. The quantitative estimate of drug-likeness (QED) is 0.750. The van der Waals surface area contributed by atoms with Gasteiger partial charge in [0.25, 0.3) is 0 Å². The predicted molar refractivity (Wildman–Crippen MR) is 60.7 cm³/mol. The Labute approximate surface area is 89.4 Å². The van der Waals surface area contributed by atoms with E-state index < -0.39 is 6.09 Å². The smallest absolute Gasteiger partial charge is 0.411 e. The van der Waals surface area contributed by atoms with Crippen molar-refractivity contribution < 1.29 is 9.53 Å². The Morgan fingerprint density at radius 2 is 2.13 bits per heavy atom. The van der Waals surface area contributed by atoms with Gasteiger partial charge in [-0.3, -0.25) is 5.32 Å². The molecular formula is C11H16N2O2. The maximum atomic E-state index is 11.3. The van der Waals surface area contributed by atoms with Gasteiger partial charge in [0.05, 0.1) is 18.0 Å². The van der Waals surface area contributed by atoms with E-state index in [0.717, 1.165) is 0 Å². The van der Waals surface area contributed by atoms with Gasteiger partial charge in [-0.1, -0.05) is 26.0 Å². The lowest BCUT2D eigenvalue weighted by atomic mass is 10.2. The highest BCUT2D eigenvalue weighted by molar-refractivity contribution is 5.88. The Hall–Kier alpha value is -1.71. The van der Waals surface area contributed by atoms with Gasteiger partial charge >= 0.3 is 6.09 Å². The zero-order chi connectivity index (χ0) is 11.3. The van der Waals surface area contributed by atoms with Gasteiger partial charge in [0.15, 0.2) is 0 Å².